The molecule has 0 saturated heterocycles. The van der Waals surface area contributed by atoms with E-state index < -0.39 is 0 Å². The molecule has 1 fully saturated rings. The fourth-order valence-corrected chi connectivity index (χ4v) is 2.34. The predicted molar refractivity (Wildman–Crippen MR) is 61.9 cm³/mol. The average molecular weight is 221 g/mol. The number of aromatic amines is 1. The van der Waals surface area contributed by atoms with Gasteiger partial charge in [-0.15, -0.1) is 0 Å². The minimum absolute atomic E-state index is 0.191. The zero-order chi connectivity index (χ0) is 11.4. The van der Waals surface area contributed by atoms with Crippen molar-refractivity contribution >= 4 is 5.91 Å². The second-order valence-corrected chi connectivity index (χ2v) is 4.56. The second-order valence-electron chi connectivity index (χ2n) is 4.56. The standard InChI is InChI=1S/C12H19N3O/c1-15(11-5-3-2-4-6-11)12(16)9-10-7-8-13-14-10/h7-8,11H,2-6,9H2,1H3,(H,13,14). The molecule has 2 rings (SSSR count). The monoisotopic (exact) mass is 221 g/mol. The number of hydrogen-bond acceptors (Lipinski definition) is 2. The first kappa shape index (κ1) is 11.2. The van der Waals surface area contributed by atoms with Crippen molar-refractivity contribution in [1.82, 2.24) is 15.1 Å². The molecule has 1 N–H and O–H groups in total. The second kappa shape index (κ2) is 5.14. The van der Waals surface area contributed by atoms with Crippen molar-refractivity contribution in [2.24, 2.45) is 0 Å². The summed E-state index contributed by atoms with van der Waals surface area (Å²) in [5, 5.41) is 6.68. The first-order valence-corrected chi connectivity index (χ1v) is 6.01. The van der Waals surface area contributed by atoms with Gasteiger partial charge in [0.2, 0.25) is 5.91 Å². The van der Waals surface area contributed by atoms with Crippen LogP contribution in [0.2, 0.25) is 0 Å². The van der Waals surface area contributed by atoms with Gasteiger partial charge < -0.3 is 4.90 Å². The molecule has 0 atom stereocenters. The number of likely N-dealkylation sites (N-methyl/N-ethyl adjacent to an activating group) is 1. The van der Waals surface area contributed by atoms with Crippen molar-refractivity contribution in [2.75, 3.05) is 7.05 Å². The van der Waals surface area contributed by atoms with Crippen LogP contribution in [0.3, 0.4) is 0 Å². The minimum Gasteiger partial charge on any atom is -0.342 e. The molecule has 88 valence electrons. The van der Waals surface area contributed by atoms with Crippen LogP contribution in [0.25, 0.3) is 0 Å². The van der Waals surface area contributed by atoms with E-state index in [-0.39, 0.29) is 5.91 Å². The fourth-order valence-electron chi connectivity index (χ4n) is 2.34. The normalized spacial score (nSPS) is 17.3. The number of hydrogen-bond donors (Lipinski definition) is 1. The van der Waals surface area contributed by atoms with Gasteiger partial charge in [-0.1, -0.05) is 19.3 Å². The highest BCUT2D eigenvalue weighted by Crippen LogP contribution is 2.21. The summed E-state index contributed by atoms with van der Waals surface area (Å²) in [6.07, 6.45) is 8.27. The Morgan fingerprint density at radius 2 is 2.25 bits per heavy atom. The molecular formula is C12H19N3O. The lowest BCUT2D eigenvalue weighted by molar-refractivity contribution is -0.131. The molecule has 1 aliphatic carbocycles. The topological polar surface area (TPSA) is 49.0 Å². The van der Waals surface area contributed by atoms with Gasteiger partial charge in [-0.2, -0.15) is 5.10 Å². The molecule has 16 heavy (non-hydrogen) atoms. The van der Waals surface area contributed by atoms with Gasteiger partial charge in [0.25, 0.3) is 0 Å². The summed E-state index contributed by atoms with van der Waals surface area (Å²) in [4.78, 5) is 13.9. The zero-order valence-electron chi connectivity index (χ0n) is 9.78. The van der Waals surface area contributed by atoms with Crippen LogP contribution in [0.15, 0.2) is 12.3 Å². The highest BCUT2D eigenvalue weighted by molar-refractivity contribution is 5.78. The molecule has 0 radical (unpaired) electrons. The van der Waals surface area contributed by atoms with E-state index in [1.165, 1.54) is 19.3 Å². The summed E-state index contributed by atoms with van der Waals surface area (Å²) in [7, 11) is 1.93. The molecule has 0 spiro atoms. The van der Waals surface area contributed by atoms with Crippen molar-refractivity contribution < 1.29 is 4.79 Å². The van der Waals surface area contributed by atoms with E-state index in [0.29, 0.717) is 12.5 Å². The van der Waals surface area contributed by atoms with Crippen LogP contribution in [0, 0.1) is 0 Å². The molecule has 4 heteroatoms. The fraction of sp³-hybridized carbons (Fsp3) is 0.667. The summed E-state index contributed by atoms with van der Waals surface area (Å²) in [6, 6.07) is 2.30. The highest BCUT2D eigenvalue weighted by atomic mass is 16.2. The van der Waals surface area contributed by atoms with Crippen LogP contribution in [-0.4, -0.2) is 34.1 Å². The number of nitrogens with zero attached hydrogens (tertiary/aromatic N) is 2. The highest BCUT2D eigenvalue weighted by Gasteiger charge is 2.22. The predicted octanol–water partition coefficient (Wildman–Crippen LogP) is 1.74. The van der Waals surface area contributed by atoms with E-state index in [9.17, 15) is 4.79 Å². The Labute approximate surface area is 96.0 Å². The molecular weight excluding hydrogens is 202 g/mol. The van der Waals surface area contributed by atoms with Crippen LogP contribution in [-0.2, 0) is 11.2 Å². The summed E-state index contributed by atoms with van der Waals surface area (Å²) < 4.78 is 0. The third kappa shape index (κ3) is 2.62. The maximum atomic E-state index is 12.0. The van der Waals surface area contributed by atoms with E-state index >= 15 is 0 Å². The molecule has 0 bridgehead atoms. The van der Waals surface area contributed by atoms with Crippen molar-refractivity contribution in [3.8, 4) is 0 Å². The number of carbonyl (C=O) groups excluding carboxylic acids is 1. The van der Waals surface area contributed by atoms with Gasteiger partial charge in [-0.05, 0) is 18.9 Å². The molecule has 1 saturated carbocycles. The Morgan fingerprint density at radius 3 is 2.88 bits per heavy atom. The SMILES string of the molecule is CN(C(=O)Cc1ccn[nH]1)C1CCCCC1. The van der Waals surface area contributed by atoms with E-state index in [4.69, 9.17) is 0 Å². The smallest absolute Gasteiger partial charge is 0.228 e. The van der Waals surface area contributed by atoms with E-state index in [0.717, 1.165) is 18.5 Å². The van der Waals surface area contributed by atoms with Crippen LogP contribution < -0.4 is 0 Å². The van der Waals surface area contributed by atoms with Crippen LogP contribution in [0.1, 0.15) is 37.8 Å². The third-order valence-corrected chi connectivity index (χ3v) is 3.42. The summed E-state index contributed by atoms with van der Waals surface area (Å²) in [6.45, 7) is 0. The van der Waals surface area contributed by atoms with Gasteiger partial charge in [0.05, 0.1) is 6.42 Å². The van der Waals surface area contributed by atoms with Gasteiger partial charge >= 0.3 is 0 Å². The Balaban J connectivity index is 1.88. The van der Waals surface area contributed by atoms with E-state index in [2.05, 4.69) is 10.2 Å². The van der Waals surface area contributed by atoms with Crippen molar-refractivity contribution in [3.05, 3.63) is 18.0 Å². The quantitative estimate of drug-likeness (QED) is 0.845. The summed E-state index contributed by atoms with van der Waals surface area (Å²) in [5.41, 5.74) is 0.896. The van der Waals surface area contributed by atoms with Crippen LogP contribution in [0.5, 0.6) is 0 Å². The van der Waals surface area contributed by atoms with Crippen molar-refractivity contribution in [1.29, 1.82) is 0 Å². The molecule has 0 aliphatic heterocycles. The van der Waals surface area contributed by atoms with Crippen molar-refractivity contribution in [3.63, 3.8) is 0 Å². The lowest BCUT2D eigenvalue weighted by Crippen LogP contribution is -2.39. The van der Waals surface area contributed by atoms with Crippen LogP contribution in [0.4, 0.5) is 0 Å². The molecule has 0 aromatic carbocycles. The Hall–Kier alpha value is -1.32. The summed E-state index contributed by atoms with van der Waals surface area (Å²) >= 11 is 0. The number of amides is 1. The molecule has 1 aromatic heterocycles. The first-order valence-electron chi connectivity index (χ1n) is 6.01. The molecule has 1 amide bonds. The third-order valence-electron chi connectivity index (χ3n) is 3.42. The van der Waals surface area contributed by atoms with Crippen molar-refractivity contribution in [2.45, 2.75) is 44.6 Å². The first-order chi connectivity index (χ1) is 7.77. The summed E-state index contributed by atoms with van der Waals surface area (Å²) in [5.74, 6) is 0.191. The van der Waals surface area contributed by atoms with Gasteiger partial charge in [-0.25, -0.2) is 0 Å². The van der Waals surface area contributed by atoms with Gasteiger partial charge in [0.1, 0.15) is 0 Å². The zero-order valence-corrected chi connectivity index (χ0v) is 9.78. The lowest BCUT2D eigenvalue weighted by atomic mass is 9.94. The number of aromatic nitrogens is 2. The Morgan fingerprint density at radius 1 is 1.50 bits per heavy atom. The maximum Gasteiger partial charge on any atom is 0.228 e. The molecule has 1 aliphatic rings. The van der Waals surface area contributed by atoms with E-state index in [1.54, 1.807) is 6.20 Å². The maximum absolute atomic E-state index is 12.0. The Kier molecular flexibility index (Phi) is 3.59. The van der Waals surface area contributed by atoms with Gasteiger partial charge in [-0.3, -0.25) is 9.89 Å². The number of carbonyl (C=O) groups is 1. The Bertz CT molecular complexity index is 328. The number of nitrogens with one attached hydrogen (secondary N) is 1. The van der Waals surface area contributed by atoms with E-state index in [1.807, 2.05) is 18.0 Å². The largest absolute Gasteiger partial charge is 0.342 e. The minimum atomic E-state index is 0.191. The number of H-pyrrole nitrogens is 1. The van der Waals surface area contributed by atoms with Gasteiger partial charge in [0.15, 0.2) is 0 Å². The van der Waals surface area contributed by atoms with Crippen LogP contribution >= 0.6 is 0 Å². The number of rotatable bonds is 3. The molecule has 1 heterocycles. The lowest BCUT2D eigenvalue weighted by Gasteiger charge is -2.31. The average Bonchev–Trinajstić information content (AvgIpc) is 2.82. The molecule has 4 nitrogen and oxygen atoms in total. The van der Waals surface area contributed by atoms with Gasteiger partial charge in [0, 0.05) is 25.0 Å². The molecule has 1 aromatic rings. The molecule has 0 unspecified atom stereocenters.